The monoisotopic (exact) mass is 256 g/mol. The van der Waals surface area contributed by atoms with E-state index in [1.165, 1.54) is 58.4 Å². The van der Waals surface area contributed by atoms with Crippen molar-refractivity contribution in [2.24, 2.45) is 5.92 Å². The summed E-state index contributed by atoms with van der Waals surface area (Å²) >= 11 is 0. The molecule has 0 spiro atoms. The van der Waals surface area contributed by atoms with Gasteiger partial charge in [0.1, 0.15) is 6.29 Å². The molecule has 0 amide bonds. The number of unbranched alkanes of at least 4 members (excludes halogenated alkanes) is 3. The predicted octanol–water partition coefficient (Wildman–Crippen LogP) is 2.66. The lowest BCUT2D eigenvalue weighted by Gasteiger charge is -2.32. The minimum atomic E-state index is 0.204. The van der Waals surface area contributed by atoms with Gasteiger partial charge in [0, 0.05) is 32.1 Å². The Bertz CT molecular complexity index is 187. The molecule has 0 N–H and O–H groups in total. The van der Waals surface area contributed by atoms with E-state index in [0.29, 0.717) is 0 Å². The molecule has 3 nitrogen and oxygen atoms in total. The fourth-order valence-corrected chi connectivity index (χ4v) is 1.83. The molecule has 1 saturated heterocycles. The smallest absolute Gasteiger partial charge is 0.122 e. The van der Waals surface area contributed by atoms with Gasteiger partial charge in [-0.05, 0) is 20.0 Å². The Hall–Kier alpha value is -0.410. The average Bonchev–Trinajstić information content (AvgIpc) is 2.37. The van der Waals surface area contributed by atoms with Crippen molar-refractivity contribution in [1.29, 1.82) is 0 Å². The van der Waals surface area contributed by atoms with Crippen LogP contribution in [0.3, 0.4) is 0 Å². The van der Waals surface area contributed by atoms with Crippen molar-refractivity contribution in [3.05, 3.63) is 0 Å². The number of aldehydes is 1. The van der Waals surface area contributed by atoms with E-state index in [1.54, 1.807) is 0 Å². The van der Waals surface area contributed by atoms with Gasteiger partial charge in [-0.25, -0.2) is 0 Å². The van der Waals surface area contributed by atoms with Crippen molar-refractivity contribution < 1.29 is 4.79 Å². The summed E-state index contributed by atoms with van der Waals surface area (Å²) in [4.78, 5) is 14.5. The Morgan fingerprint density at radius 2 is 1.61 bits per heavy atom. The van der Waals surface area contributed by atoms with Crippen molar-refractivity contribution in [2.45, 2.75) is 46.5 Å². The maximum Gasteiger partial charge on any atom is 0.122 e. The SMILES string of the molecule is CC(C)C=O.CCCCCCN1CCN(C)CC1. The minimum Gasteiger partial charge on any atom is -0.304 e. The number of hydrogen-bond acceptors (Lipinski definition) is 3. The Morgan fingerprint density at radius 1 is 1.06 bits per heavy atom. The summed E-state index contributed by atoms with van der Waals surface area (Å²) in [6.45, 7) is 12.4. The molecule has 1 heterocycles. The van der Waals surface area contributed by atoms with E-state index >= 15 is 0 Å². The Morgan fingerprint density at radius 3 is 2.06 bits per heavy atom. The van der Waals surface area contributed by atoms with Gasteiger partial charge in [-0.2, -0.15) is 0 Å². The lowest BCUT2D eigenvalue weighted by Crippen LogP contribution is -2.44. The third kappa shape index (κ3) is 10.7. The molecule has 3 heteroatoms. The van der Waals surface area contributed by atoms with Crippen LogP contribution in [0, 0.1) is 5.92 Å². The van der Waals surface area contributed by atoms with Crippen LogP contribution >= 0.6 is 0 Å². The minimum absolute atomic E-state index is 0.204. The molecule has 0 radical (unpaired) electrons. The molecule has 1 rings (SSSR count). The van der Waals surface area contributed by atoms with Crippen LogP contribution in [0.5, 0.6) is 0 Å². The summed E-state index contributed by atoms with van der Waals surface area (Å²) in [5.41, 5.74) is 0. The number of carbonyl (C=O) groups excluding carboxylic acids is 1. The second-order valence-corrected chi connectivity index (χ2v) is 5.59. The normalized spacial score (nSPS) is 17.4. The molecule has 1 fully saturated rings. The van der Waals surface area contributed by atoms with E-state index < -0.39 is 0 Å². The molecular formula is C15H32N2O. The zero-order valence-corrected chi connectivity index (χ0v) is 12.8. The van der Waals surface area contributed by atoms with E-state index in [1.807, 2.05) is 13.8 Å². The van der Waals surface area contributed by atoms with Crippen LogP contribution in [-0.4, -0.2) is 55.9 Å². The topological polar surface area (TPSA) is 23.6 Å². The molecule has 0 aromatic rings. The number of carbonyl (C=O) groups is 1. The number of piperazine rings is 1. The van der Waals surface area contributed by atoms with E-state index in [2.05, 4.69) is 23.8 Å². The summed E-state index contributed by atoms with van der Waals surface area (Å²) in [6, 6.07) is 0. The molecule has 108 valence electrons. The molecule has 0 unspecified atom stereocenters. The summed E-state index contributed by atoms with van der Waals surface area (Å²) in [6.07, 6.45) is 6.50. The first-order chi connectivity index (χ1) is 8.60. The van der Waals surface area contributed by atoms with Crippen LogP contribution in [0.25, 0.3) is 0 Å². The molecule has 0 atom stereocenters. The van der Waals surface area contributed by atoms with Gasteiger partial charge in [0.15, 0.2) is 0 Å². The summed E-state index contributed by atoms with van der Waals surface area (Å²) in [5.74, 6) is 0.204. The second kappa shape index (κ2) is 11.7. The first-order valence-corrected chi connectivity index (χ1v) is 7.46. The zero-order valence-electron chi connectivity index (χ0n) is 12.8. The van der Waals surface area contributed by atoms with Crippen LogP contribution in [-0.2, 0) is 4.79 Å². The van der Waals surface area contributed by atoms with Crippen molar-refractivity contribution in [1.82, 2.24) is 9.80 Å². The number of nitrogens with zero attached hydrogens (tertiary/aromatic N) is 2. The zero-order chi connectivity index (χ0) is 13.8. The van der Waals surface area contributed by atoms with Gasteiger partial charge in [0.05, 0.1) is 0 Å². The van der Waals surface area contributed by atoms with Crippen LogP contribution in [0.15, 0.2) is 0 Å². The Balaban J connectivity index is 0.000000494. The average molecular weight is 256 g/mol. The summed E-state index contributed by atoms with van der Waals surface area (Å²) in [5, 5.41) is 0. The lowest BCUT2D eigenvalue weighted by molar-refractivity contribution is -0.110. The largest absolute Gasteiger partial charge is 0.304 e. The number of rotatable bonds is 6. The van der Waals surface area contributed by atoms with Gasteiger partial charge in [0.2, 0.25) is 0 Å². The number of hydrogen-bond donors (Lipinski definition) is 0. The molecule has 1 aliphatic heterocycles. The Kier molecular flexibility index (Phi) is 11.4. The highest BCUT2D eigenvalue weighted by Crippen LogP contribution is 2.04. The van der Waals surface area contributed by atoms with Crippen LogP contribution in [0.2, 0.25) is 0 Å². The first-order valence-electron chi connectivity index (χ1n) is 7.46. The molecular weight excluding hydrogens is 224 g/mol. The van der Waals surface area contributed by atoms with Gasteiger partial charge in [-0.3, -0.25) is 0 Å². The molecule has 0 saturated carbocycles. The summed E-state index contributed by atoms with van der Waals surface area (Å²) in [7, 11) is 2.22. The fourth-order valence-electron chi connectivity index (χ4n) is 1.83. The first kappa shape index (κ1) is 17.6. The van der Waals surface area contributed by atoms with E-state index in [4.69, 9.17) is 0 Å². The van der Waals surface area contributed by atoms with Gasteiger partial charge >= 0.3 is 0 Å². The fraction of sp³-hybridized carbons (Fsp3) is 0.933. The van der Waals surface area contributed by atoms with Crippen LogP contribution in [0.1, 0.15) is 46.5 Å². The maximum atomic E-state index is 9.50. The molecule has 0 aromatic heterocycles. The lowest BCUT2D eigenvalue weighted by atomic mass is 10.2. The van der Waals surface area contributed by atoms with Crippen molar-refractivity contribution in [3.8, 4) is 0 Å². The van der Waals surface area contributed by atoms with Crippen molar-refractivity contribution >= 4 is 6.29 Å². The third-order valence-electron chi connectivity index (χ3n) is 3.20. The molecule has 0 aliphatic carbocycles. The maximum absolute atomic E-state index is 9.50. The van der Waals surface area contributed by atoms with Crippen LogP contribution in [0.4, 0.5) is 0 Å². The van der Waals surface area contributed by atoms with Gasteiger partial charge in [-0.15, -0.1) is 0 Å². The van der Waals surface area contributed by atoms with Gasteiger partial charge in [0.25, 0.3) is 0 Å². The van der Waals surface area contributed by atoms with E-state index in [-0.39, 0.29) is 5.92 Å². The highest BCUT2D eigenvalue weighted by Gasteiger charge is 2.12. The standard InChI is InChI=1S/C11H24N2.C4H8O/c1-3-4-5-6-7-13-10-8-12(2)9-11-13;1-4(2)3-5/h3-11H2,1-2H3;3-4H,1-2H3. The molecule has 1 aliphatic rings. The quantitative estimate of drug-likeness (QED) is 0.539. The Labute approximate surface area is 114 Å². The molecule has 0 aromatic carbocycles. The van der Waals surface area contributed by atoms with Crippen molar-refractivity contribution in [2.75, 3.05) is 39.8 Å². The predicted molar refractivity (Wildman–Crippen MR) is 79.0 cm³/mol. The third-order valence-corrected chi connectivity index (χ3v) is 3.20. The van der Waals surface area contributed by atoms with Gasteiger partial charge < -0.3 is 14.6 Å². The van der Waals surface area contributed by atoms with Gasteiger partial charge in [-0.1, -0.05) is 40.0 Å². The highest BCUT2D eigenvalue weighted by atomic mass is 16.1. The van der Waals surface area contributed by atoms with E-state index in [9.17, 15) is 4.79 Å². The summed E-state index contributed by atoms with van der Waals surface area (Å²) < 4.78 is 0. The van der Waals surface area contributed by atoms with Crippen LogP contribution < -0.4 is 0 Å². The van der Waals surface area contributed by atoms with E-state index in [0.717, 1.165) is 6.29 Å². The molecule has 0 bridgehead atoms. The molecule has 18 heavy (non-hydrogen) atoms. The number of likely N-dealkylation sites (N-methyl/N-ethyl adjacent to an activating group) is 1. The van der Waals surface area contributed by atoms with Crippen molar-refractivity contribution in [3.63, 3.8) is 0 Å². The highest BCUT2D eigenvalue weighted by molar-refractivity contribution is 5.51. The second-order valence-electron chi connectivity index (χ2n) is 5.59.